The average Bonchev–Trinajstić information content (AvgIpc) is 3.62. The lowest BCUT2D eigenvalue weighted by molar-refractivity contribution is 1.19. The summed E-state index contributed by atoms with van der Waals surface area (Å²) in [4.78, 5) is 2.42. The smallest absolute Gasteiger partial charge is 0.0619 e. The molecule has 11 rings (SSSR count). The number of nitrogens with zero attached hydrogens (tertiary/aromatic N) is 2. The first kappa shape index (κ1) is 32.0. The molecule has 2 nitrogen and oxygen atoms in total. The summed E-state index contributed by atoms with van der Waals surface area (Å²) < 4.78 is 2.44. The highest BCUT2D eigenvalue weighted by Gasteiger charge is 2.19. The number of hydrogen-bond donors (Lipinski definition) is 0. The van der Waals surface area contributed by atoms with Gasteiger partial charge in [0.05, 0.1) is 16.7 Å². The van der Waals surface area contributed by atoms with Gasteiger partial charge in [-0.1, -0.05) is 170 Å². The van der Waals surface area contributed by atoms with Crippen molar-refractivity contribution in [1.29, 1.82) is 0 Å². The molecule has 1 aromatic heterocycles. The Labute approximate surface area is 325 Å². The molecular weight excluding hydrogens is 677 g/mol. The van der Waals surface area contributed by atoms with Crippen molar-refractivity contribution in [3.05, 3.63) is 218 Å². The van der Waals surface area contributed by atoms with Crippen molar-refractivity contribution in [2.75, 3.05) is 4.90 Å². The highest BCUT2D eigenvalue weighted by molar-refractivity contribution is 6.19. The van der Waals surface area contributed by atoms with Gasteiger partial charge in [-0.25, -0.2) is 0 Å². The first-order chi connectivity index (χ1) is 27.8. The van der Waals surface area contributed by atoms with Gasteiger partial charge in [0.2, 0.25) is 0 Å². The summed E-state index contributed by atoms with van der Waals surface area (Å²) in [6, 6.07) is 79.5. The van der Waals surface area contributed by atoms with Crippen LogP contribution in [0.3, 0.4) is 0 Å². The molecule has 0 N–H and O–H groups in total. The average molecular weight is 713 g/mol. The number of anilines is 3. The number of para-hydroxylation sites is 1. The lowest BCUT2D eigenvalue weighted by Gasteiger charge is -2.28. The monoisotopic (exact) mass is 712 g/mol. The van der Waals surface area contributed by atoms with Crippen LogP contribution >= 0.6 is 0 Å². The minimum Gasteiger partial charge on any atom is -0.310 e. The van der Waals surface area contributed by atoms with Crippen LogP contribution in [-0.2, 0) is 0 Å². The fourth-order valence-electron chi connectivity index (χ4n) is 8.71. The minimum atomic E-state index is 1.10. The van der Waals surface area contributed by atoms with E-state index < -0.39 is 0 Å². The lowest BCUT2D eigenvalue weighted by Crippen LogP contribution is -2.10. The van der Waals surface area contributed by atoms with Crippen molar-refractivity contribution in [3.63, 3.8) is 0 Å². The number of hydrogen-bond acceptors (Lipinski definition) is 1. The van der Waals surface area contributed by atoms with Crippen LogP contribution in [0.5, 0.6) is 0 Å². The number of fused-ring (bicyclic) bond motifs is 8. The number of aromatic nitrogens is 1. The zero-order chi connectivity index (χ0) is 37.0. The SMILES string of the molecule is c1ccc(-c2cccc(N(c3ccc(-c4ccc5c6ccc7ccccc7c6n(-c6ccccc6)c5c4)cc3)c3cc4ccccc4c4ccccc34)c2)cc1. The molecule has 11 aromatic rings. The number of benzene rings is 10. The Balaban J connectivity index is 1.09. The zero-order valence-corrected chi connectivity index (χ0v) is 30.7. The molecule has 0 unspecified atom stereocenters. The van der Waals surface area contributed by atoms with Crippen LogP contribution in [0.2, 0.25) is 0 Å². The maximum absolute atomic E-state index is 2.44. The van der Waals surface area contributed by atoms with Gasteiger partial charge in [-0.05, 0) is 92.3 Å². The van der Waals surface area contributed by atoms with E-state index in [1.54, 1.807) is 0 Å². The molecule has 0 atom stereocenters. The molecule has 0 amide bonds. The maximum atomic E-state index is 2.44. The van der Waals surface area contributed by atoms with Crippen molar-refractivity contribution in [2.45, 2.75) is 0 Å². The van der Waals surface area contributed by atoms with Crippen molar-refractivity contribution in [3.8, 4) is 27.9 Å². The Morgan fingerprint density at radius 3 is 1.70 bits per heavy atom. The van der Waals surface area contributed by atoms with Crippen LogP contribution in [-0.4, -0.2) is 4.57 Å². The molecule has 0 saturated heterocycles. The van der Waals surface area contributed by atoms with Crippen LogP contribution in [0, 0.1) is 0 Å². The lowest BCUT2D eigenvalue weighted by atomic mass is 9.98. The number of rotatable bonds is 6. The molecule has 0 radical (unpaired) electrons. The van der Waals surface area contributed by atoms with E-state index in [1.165, 1.54) is 76.4 Å². The summed E-state index contributed by atoms with van der Waals surface area (Å²) in [6.07, 6.45) is 0. The van der Waals surface area contributed by atoms with E-state index in [0.717, 1.165) is 22.7 Å². The summed E-state index contributed by atoms with van der Waals surface area (Å²) in [5, 5.41) is 9.96. The van der Waals surface area contributed by atoms with Gasteiger partial charge in [-0.3, -0.25) is 0 Å². The molecule has 0 saturated carbocycles. The predicted molar refractivity (Wildman–Crippen MR) is 239 cm³/mol. The molecule has 1 heterocycles. The first-order valence-electron chi connectivity index (χ1n) is 19.3. The predicted octanol–water partition coefficient (Wildman–Crippen LogP) is 15.0. The summed E-state index contributed by atoms with van der Waals surface area (Å²) in [7, 11) is 0. The van der Waals surface area contributed by atoms with E-state index in [4.69, 9.17) is 0 Å². The second-order valence-electron chi connectivity index (χ2n) is 14.5. The maximum Gasteiger partial charge on any atom is 0.0619 e. The Hall–Kier alpha value is -7.42. The van der Waals surface area contributed by atoms with E-state index in [1.807, 2.05) is 0 Å². The van der Waals surface area contributed by atoms with E-state index >= 15 is 0 Å². The molecule has 2 heteroatoms. The molecule has 262 valence electrons. The van der Waals surface area contributed by atoms with E-state index in [0.29, 0.717) is 0 Å². The quantitative estimate of drug-likeness (QED) is 0.156. The zero-order valence-electron chi connectivity index (χ0n) is 30.7. The minimum absolute atomic E-state index is 1.10. The summed E-state index contributed by atoms with van der Waals surface area (Å²) in [5.41, 5.74) is 11.7. The van der Waals surface area contributed by atoms with Gasteiger partial charge >= 0.3 is 0 Å². The topological polar surface area (TPSA) is 8.17 Å². The summed E-state index contributed by atoms with van der Waals surface area (Å²) in [6.45, 7) is 0. The van der Waals surface area contributed by atoms with Gasteiger partial charge in [-0.2, -0.15) is 0 Å². The van der Waals surface area contributed by atoms with Crippen LogP contribution in [0.4, 0.5) is 17.1 Å². The Morgan fingerprint density at radius 2 is 0.893 bits per heavy atom. The Bertz CT molecular complexity index is 3230. The van der Waals surface area contributed by atoms with Crippen molar-refractivity contribution in [1.82, 2.24) is 4.57 Å². The molecule has 0 fully saturated rings. The van der Waals surface area contributed by atoms with Gasteiger partial charge in [0.25, 0.3) is 0 Å². The molecule has 0 aliphatic heterocycles. The van der Waals surface area contributed by atoms with E-state index in [2.05, 4.69) is 228 Å². The van der Waals surface area contributed by atoms with Gasteiger partial charge in [0.1, 0.15) is 0 Å². The van der Waals surface area contributed by atoms with Crippen LogP contribution in [0.25, 0.3) is 82.1 Å². The highest BCUT2D eigenvalue weighted by Crippen LogP contribution is 2.44. The van der Waals surface area contributed by atoms with Crippen molar-refractivity contribution < 1.29 is 0 Å². The third kappa shape index (κ3) is 5.26. The van der Waals surface area contributed by atoms with Gasteiger partial charge < -0.3 is 9.47 Å². The van der Waals surface area contributed by atoms with Gasteiger partial charge in [0, 0.05) is 38.6 Å². The van der Waals surface area contributed by atoms with Crippen molar-refractivity contribution in [2.24, 2.45) is 0 Å². The van der Waals surface area contributed by atoms with Crippen LogP contribution < -0.4 is 4.90 Å². The molecule has 0 bridgehead atoms. The Morgan fingerprint density at radius 1 is 0.304 bits per heavy atom. The standard InChI is InChI=1S/C54H36N2/c1-3-14-37(15-4-1)40-18-13-21-45(34-40)55(52-36-42-17-8-9-22-46(42)48-24-11-12-25-49(48)52)44-30-26-38(27-31-44)41-29-32-50-51-33-28-39-16-7-10-23-47(39)54(51)56(53(50)35-41)43-19-5-2-6-20-43/h1-36H. The largest absolute Gasteiger partial charge is 0.310 e. The molecule has 56 heavy (non-hydrogen) atoms. The van der Waals surface area contributed by atoms with E-state index in [-0.39, 0.29) is 0 Å². The first-order valence-corrected chi connectivity index (χ1v) is 19.3. The second-order valence-corrected chi connectivity index (χ2v) is 14.5. The fourth-order valence-corrected chi connectivity index (χ4v) is 8.71. The fraction of sp³-hybridized carbons (Fsp3) is 0. The summed E-state index contributed by atoms with van der Waals surface area (Å²) in [5.74, 6) is 0. The molecule has 0 spiro atoms. The molecule has 10 aromatic carbocycles. The Kier molecular flexibility index (Phi) is 7.53. The van der Waals surface area contributed by atoms with Gasteiger partial charge in [-0.15, -0.1) is 0 Å². The summed E-state index contributed by atoms with van der Waals surface area (Å²) >= 11 is 0. The highest BCUT2D eigenvalue weighted by atomic mass is 15.1. The molecular formula is C54H36N2. The third-order valence-corrected chi connectivity index (χ3v) is 11.3. The van der Waals surface area contributed by atoms with E-state index in [9.17, 15) is 0 Å². The van der Waals surface area contributed by atoms with Crippen LogP contribution in [0.15, 0.2) is 218 Å². The molecule has 0 aliphatic rings. The van der Waals surface area contributed by atoms with Gasteiger partial charge in [0.15, 0.2) is 0 Å². The third-order valence-electron chi connectivity index (χ3n) is 11.3. The second kappa shape index (κ2) is 13.2. The normalized spacial score (nSPS) is 11.6. The molecule has 0 aliphatic carbocycles. The van der Waals surface area contributed by atoms with Crippen LogP contribution in [0.1, 0.15) is 0 Å². The van der Waals surface area contributed by atoms with Crippen molar-refractivity contribution >= 4 is 71.2 Å².